The number of likely N-dealkylation sites (tertiary alicyclic amines) is 1. The van der Waals surface area contributed by atoms with Crippen molar-refractivity contribution in [3.05, 3.63) is 30.3 Å². The third kappa shape index (κ3) is 3.00. The van der Waals surface area contributed by atoms with Crippen molar-refractivity contribution in [1.82, 2.24) is 9.21 Å². The lowest BCUT2D eigenvalue weighted by Crippen LogP contribution is -2.34. The first kappa shape index (κ1) is 15.0. The molecule has 1 aromatic rings. The van der Waals surface area contributed by atoms with Crippen LogP contribution < -0.4 is 0 Å². The molecule has 0 spiro atoms. The molecule has 4 nitrogen and oxygen atoms in total. The maximum atomic E-state index is 12.6. The molecular weight excluding hydrogens is 284 g/mol. The van der Waals surface area contributed by atoms with Crippen molar-refractivity contribution in [2.45, 2.75) is 18.7 Å². The zero-order valence-corrected chi connectivity index (χ0v) is 13.6. The van der Waals surface area contributed by atoms with Crippen LogP contribution in [-0.4, -0.2) is 50.3 Å². The Hall–Kier alpha value is -0.910. The molecule has 0 N–H and O–H groups in total. The van der Waals surface area contributed by atoms with Crippen molar-refractivity contribution in [2.24, 2.45) is 17.8 Å². The predicted molar refractivity (Wildman–Crippen MR) is 83.5 cm³/mol. The summed E-state index contributed by atoms with van der Waals surface area (Å²) in [5, 5.41) is 0. The summed E-state index contributed by atoms with van der Waals surface area (Å²) >= 11 is 0. The van der Waals surface area contributed by atoms with Gasteiger partial charge < -0.3 is 4.90 Å². The summed E-state index contributed by atoms with van der Waals surface area (Å²) in [6, 6.07) is 8.80. The Morgan fingerprint density at radius 2 is 1.62 bits per heavy atom. The van der Waals surface area contributed by atoms with Crippen molar-refractivity contribution in [3.8, 4) is 0 Å². The zero-order valence-electron chi connectivity index (χ0n) is 12.8. The number of benzene rings is 1. The third-order valence-corrected chi connectivity index (χ3v) is 6.38. The fourth-order valence-corrected chi connectivity index (χ4v) is 5.23. The van der Waals surface area contributed by atoms with Gasteiger partial charge in [0.2, 0.25) is 10.0 Å². The highest BCUT2D eigenvalue weighted by Crippen LogP contribution is 2.34. The molecule has 3 rings (SSSR count). The molecule has 5 heteroatoms. The Morgan fingerprint density at radius 3 is 2.14 bits per heavy atom. The Labute approximate surface area is 127 Å². The van der Waals surface area contributed by atoms with E-state index in [2.05, 4.69) is 18.7 Å². The highest BCUT2D eigenvalue weighted by atomic mass is 32.2. The number of nitrogens with zero attached hydrogens (tertiary/aromatic N) is 2. The lowest BCUT2D eigenvalue weighted by Gasteiger charge is -2.22. The molecule has 21 heavy (non-hydrogen) atoms. The van der Waals surface area contributed by atoms with Crippen LogP contribution in [0.5, 0.6) is 0 Å². The Bertz CT molecular complexity index is 572. The molecule has 1 aromatic carbocycles. The number of sulfonamides is 1. The molecule has 2 saturated heterocycles. The lowest BCUT2D eigenvalue weighted by atomic mass is 10.0. The molecule has 2 fully saturated rings. The topological polar surface area (TPSA) is 40.6 Å². The first-order valence-corrected chi connectivity index (χ1v) is 9.18. The maximum Gasteiger partial charge on any atom is 0.243 e. The van der Waals surface area contributed by atoms with E-state index in [-0.39, 0.29) is 0 Å². The standard InChI is InChI=1S/C16H24N2O2S/c1-13(2)8-17-9-14-11-18(12-15(14)10-17)21(19,20)16-6-4-3-5-7-16/h3-7,13-15H,8-12H2,1-2H3/t14-,15-/m0/s1. The van der Waals surface area contributed by atoms with Crippen molar-refractivity contribution >= 4 is 10.0 Å². The van der Waals surface area contributed by atoms with E-state index >= 15 is 0 Å². The lowest BCUT2D eigenvalue weighted by molar-refractivity contribution is 0.267. The molecule has 0 bridgehead atoms. The Balaban J connectivity index is 1.68. The van der Waals surface area contributed by atoms with Gasteiger partial charge in [-0.2, -0.15) is 4.31 Å². The van der Waals surface area contributed by atoms with E-state index in [0.29, 0.717) is 35.7 Å². The Kier molecular flexibility index (Phi) is 4.08. The summed E-state index contributed by atoms with van der Waals surface area (Å²) in [6.07, 6.45) is 0. The van der Waals surface area contributed by atoms with Gasteiger partial charge in [-0.1, -0.05) is 32.0 Å². The summed E-state index contributed by atoms with van der Waals surface area (Å²) in [6.45, 7) is 9.04. The van der Waals surface area contributed by atoms with Crippen LogP contribution >= 0.6 is 0 Å². The average molecular weight is 308 g/mol. The van der Waals surface area contributed by atoms with Crippen LogP contribution in [0, 0.1) is 17.8 Å². The minimum atomic E-state index is -3.31. The Morgan fingerprint density at radius 1 is 1.05 bits per heavy atom. The highest BCUT2D eigenvalue weighted by Gasteiger charge is 2.44. The van der Waals surface area contributed by atoms with Gasteiger partial charge in [0.15, 0.2) is 0 Å². The van der Waals surface area contributed by atoms with E-state index in [1.807, 2.05) is 6.07 Å². The van der Waals surface area contributed by atoms with Gasteiger partial charge in [-0.3, -0.25) is 0 Å². The van der Waals surface area contributed by atoms with Crippen LogP contribution in [0.2, 0.25) is 0 Å². The number of fused-ring (bicyclic) bond motifs is 1. The van der Waals surface area contributed by atoms with Crippen LogP contribution in [-0.2, 0) is 10.0 Å². The van der Waals surface area contributed by atoms with Crippen molar-refractivity contribution < 1.29 is 8.42 Å². The van der Waals surface area contributed by atoms with Crippen molar-refractivity contribution in [2.75, 3.05) is 32.7 Å². The van der Waals surface area contributed by atoms with Crippen molar-refractivity contribution in [1.29, 1.82) is 0 Å². The minimum Gasteiger partial charge on any atom is -0.302 e. The molecular formula is C16H24N2O2S. The second kappa shape index (κ2) is 5.71. The van der Waals surface area contributed by atoms with E-state index in [1.54, 1.807) is 28.6 Å². The summed E-state index contributed by atoms with van der Waals surface area (Å²) in [4.78, 5) is 2.91. The number of hydrogen-bond acceptors (Lipinski definition) is 3. The summed E-state index contributed by atoms with van der Waals surface area (Å²) in [5.41, 5.74) is 0. The van der Waals surface area contributed by atoms with Gasteiger partial charge in [-0.15, -0.1) is 0 Å². The summed E-state index contributed by atoms with van der Waals surface area (Å²) in [7, 11) is -3.31. The van der Waals surface area contributed by atoms with E-state index in [0.717, 1.165) is 19.6 Å². The van der Waals surface area contributed by atoms with Crippen LogP contribution in [0.15, 0.2) is 35.2 Å². The first-order valence-electron chi connectivity index (χ1n) is 7.74. The molecule has 116 valence electrons. The van der Waals surface area contributed by atoms with E-state index in [1.165, 1.54) is 0 Å². The molecule has 0 aliphatic carbocycles. The molecule has 2 aliphatic heterocycles. The molecule has 2 aliphatic rings. The van der Waals surface area contributed by atoms with E-state index in [4.69, 9.17) is 0 Å². The highest BCUT2D eigenvalue weighted by molar-refractivity contribution is 7.89. The quantitative estimate of drug-likeness (QED) is 0.853. The van der Waals surface area contributed by atoms with Gasteiger partial charge in [0.05, 0.1) is 4.90 Å². The average Bonchev–Trinajstić information content (AvgIpc) is 2.97. The SMILES string of the molecule is CC(C)CN1C[C@H]2CN(S(=O)(=O)c3ccccc3)C[C@@H]2C1. The third-order valence-electron chi connectivity index (χ3n) is 4.53. The van der Waals surface area contributed by atoms with Gasteiger partial charge in [-0.25, -0.2) is 8.42 Å². The minimum absolute atomic E-state index is 0.420. The fourth-order valence-electron chi connectivity index (χ4n) is 3.65. The van der Waals surface area contributed by atoms with Crippen LogP contribution in [0.4, 0.5) is 0 Å². The van der Waals surface area contributed by atoms with Gasteiger partial charge >= 0.3 is 0 Å². The van der Waals surface area contributed by atoms with Gasteiger partial charge in [-0.05, 0) is 29.9 Å². The van der Waals surface area contributed by atoms with E-state index in [9.17, 15) is 8.42 Å². The van der Waals surface area contributed by atoms with Gasteiger partial charge in [0.25, 0.3) is 0 Å². The number of hydrogen-bond donors (Lipinski definition) is 0. The molecule has 2 atom stereocenters. The monoisotopic (exact) mass is 308 g/mol. The van der Waals surface area contributed by atoms with E-state index < -0.39 is 10.0 Å². The molecule has 0 saturated carbocycles. The van der Waals surface area contributed by atoms with Crippen LogP contribution in [0.3, 0.4) is 0 Å². The summed E-state index contributed by atoms with van der Waals surface area (Å²) in [5.74, 6) is 1.68. The first-order chi connectivity index (χ1) is 9.96. The molecule has 0 radical (unpaired) electrons. The predicted octanol–water partition coefficient (Wildman–Crippen LogP) is 1.89. The fraction of sp³-hybridized carbons (Fsp3) is 0.625. The second-order valence-electron chi connectivity index (χ2n) is 6.77. The molecule has 2 heterocycles. The summed E-state index contributed by atoms with van der Waals surface area (Å²) < 4.78 is 27.0. The van der Waals surface area contributed by atoms with Gasteiger partial charge in [0, 0.05) is 32.7 Å². The molecule has 0 aromatic heterocycles. The zero-order chi connectivity index (χ0) is 15.0. The normalized spacial score (nSPS) is 27.4. The number of rotatable bonds is 4. The smallest absolute Gasteiger partial charge is 0.243 e. The van der Waals surface area contributed by atoms with Crippen molar-refractivity contribution in [3.63, 3.8) is 0 Å². The van der Waals surface area contributed by atoms with Gasteiger partial charge in [0.1, 0.15) is 0 Å². The maximum absolute atomic E-state index is 12.6. The molecule has 0 unspecified atom stereocenters. The van der Waals surface area contributed by atoms with Crippen LogP contribution in [0.1, 0.15) is 13.8 Å². The second-order valence-corrected chi connectivity index (χ2v) is 8.71. The largest absolute Gasteiger partial charge is 0.302 e. The molecule has 0 amide bonds. The van der Waals surface area contributed by atoms with Crippen LogP contribution in [0.25, 0.3) is 0 Å².